The molecule has 1 unspecified atom stereocenters. The van der Waals surface area contributed by atoms with E-state index < -0.39 is 17.8 Å². The minimum absolute atomic E-state index is 0.252. The zero-order chi connectivity index (χ0) is 11.2. The van der Waals surface area contributed by atoms with Crippen LogP contribution < -0.4 is 0 Å². The molecular weight excluding hydrogens is 195 g/mol. The quantitative estimate of drug-likeness (QED) is 0.514. The fourth-order valence-corrected chi connectivity index (χ4v) is 0.668. The number of hydrogen-bond acceptors (Lipinski definition) is 2. The molecule has 14 heavy (non-hydrogen) atoms. The van der Waals surface area contributed by atoms with Crippen molar-refractivity contribution in [1.82, 2.24) is 0 Å². The average molecular weight is 207 g/mol. The van der Waals surface area contributed by atoms with Gasteiger partial charge in [0, 0.05) is 12.1 Å². The summed E-state index contributed by atoms with van der Waals surface area (Å²) < 4.78 is 36.6. The van der Waals surface area contributed by atoms with Gasteiger partial charge in [-0.2, -0.15) is 13.2 Å². The predicted molar refractivity (Wildman–Crippen MR) is 48.1 cm³/mol. The minimum Gasteiger partial charge on any atom is -0.303 e. The van der Waals surface area contributed by atoms with Gasteiger partial charge in [0.25, 0.3) is 0 Å². The van der Waals surface area contributed by atoms with Crippen LogP contribution in [0.25, 0.3) is 0 Å². The minimum atomic E-state index is -4.45. The maximum absolute atomic E-state index is 12.2. The first-order valence-corrected chi connectivity index (χ1v) is 4.18. The van der Waals surface area contributed by atoms with Gasteiger partial charge in [-0.15, -0.1) is 0 Å². The highest BCUT2D eigenvalue weighted by Crippen LogP contribution is 2.26. The summed E-state index contributed by atoms with van der Waals surface area (Å²) in [5, 5.41) is 0. The lowest BCUT2D eigenvalue weighted by atomic mass is 10.2. The Morgan fingerprint density at radius 3 is 2.43 bits per heavy atom. The Kier molecular flexibility index (Phi) is 5.12. The second-order valence-corrected chi connectivity index (χ2v) is 2.77. The van der Waals surface area contributed by atoms with E-state index in [1.165, 1.54) is 6.92 Å². The van der Waals surface area contributed by atoms with Crippen molar-refractivity contribution in [2.45, 2.75) is 26.4 Å². The molecule has 2 nitrogen and oxygen atoms in total. The standard InChI is InChI=1S/C9H12F3NO/c1-3-4-8(9(10,11)12)13-5-7(2)6-14/h4-7H,3H2,1-2H3/b8-4-,13-5?. The van der Waals surface area contributed by atoms with Crippen LogP contribution in [0.2, 0.25) is 0 Å². The Balaban J connectivity index is 4.63. The Bertz CT molecular complexity index is 243. The summed E-state index contributed by atoms with van der Waals surface area (Å²) in [7, 11) is 0. The molecule has 80 valence electrons. The first-order chi connectivity index (χ1) is 6.41. The van der Waals surface area contributed by atoms with Crippen molar-refractivity contribution in [2.75, 3.05) is 0 Å². The second kappa shape index (κ2) is 5.57. The van der Waals surface area contributed by atoms with Gasteiger partial charge in [0.05, 0.1) is 0 Å². The van der Waals surface area contributed by atoms with Crippen LogP contribution in [0, 0.1) is 5.92 Å². The molecule has 0 saturated heterocycles. The van der Waals surface area contributed by atoms with Crippen LogP contribution in [0.1, 0.15) is 20.3 Å². The summed E-state index contributed by atoms with van der Waals surface area (Å²) >= 11 is 0. The summed E-state index contributed by atoms with van der Waals surface area (Å²) in [5.74, 6) is -0.599. The van der Waals surface area contributed by atoms with Crippen molar-refractivity contribution in [3.8, 4) is 0 Å². The second-order valence-electron chi connectivity index (χ2n) is 2.77. The lowest BCUT2D eigenvalue weighted by Crippen LogP contribution is -2.11. The largest absolute Gasteiger partial charge is 0.432 e. The molecule has 0 spiro atoms. The lowest BCUT2D eigenvalue weighted by molar-refractivity contribution is -0.109. The molecule has 0 aromatic rings. The molecule has 0 aromatic heterocycles. The fourth-order valence-electron chi connectivity index (χ4n) is 0.668. The summed E-state index contributed by atoms with van der Waals surface area (Å²) in [4.78, 5) is 13.4. The van der Waals surface area contributed by atoms with Crippen molar-refractivity contribution >= 4 is 12.5 Å². The van der Waals surface area contributed by atoms with Crippen molar-refractivity contribution in [3.05, 3.63) is 11.8 Å². The topological polar surface area (TPSA) is 29.4 Å². The van der Waals surface area contributed by atoms with Gasteiger partial charge in [0.2, 0.25) is 0 Å². The highest BCUT2D eigenvalue weighted by atomic mass is 19.4. The van der Waals surface area contributed by atoms with Gasteiger partial charge >= 0.3 is 6.18 Å². The number of carbonyl (C=O) groups excluding carboxylic acids is 1. The number of allylic oxidation sites excluding steroid dienone is 2. The van der Waals surface area contributed by atoms with E-state index in [-0.39, 0.29) is 6.42 Å². The first-order valence-electron chi connectivity index (χ1n) is 4.18. The third kappa shape index (κ3) is 4.79. The van der Waals surface area contributed by atoms with E-state index in [1.807, 2.05) is 0 Å². The van der Waals surface area contributed by atoms with Crippen LogP contribution in [-0.4, -0.2) is 18.7 Å². The van der Waals surface area contributed by atoms with Gasteiger partial charge in [-0.1, -0.05) is 19.9 Å². The van der Waals surface area contributed by atoms with Crippen LogP contribution in [-0.2, 0) is 4.79 Å². The van der Waals surface area contributed by atoms with Crippen molar-refractivity contribution in [1.29, 1.82) is 0 Å². The number of nitrogens with zero attached hydrogens (tertiary/aromatic N) is 1. The number of alkyl halides is 3. The van der Waals surface area contributed by atoms with E-state index in [1.54, 1.807) is 6.92 Å². The third-order valence-corrected chi connectivity index (χ3v) is 1.35. The molecule has 5 heteroatoms. The zero-order valence-corrected chi connectivity index (χ0v) is 8.01. The number of rotatable bonds is 4. The van der Waals surface area contributed by atoms with E-state index in [0.29, 0.717) is 6.29 Å². The van der Waals surface area contributed by atoms with Crippen LogP contribution in [0.15, 0.2) is 16.8 Å². The number of aliphatic imine (C=N–C) groups is 1. The number of aldehydes is 1. The van der Waals surface area contributed by atoms with E-state index >= 15 is 0 Å². The average Bonchev–Trinajstić information content (AvgIpc) is 2.09. The third-order valence-electron chi connectivity index (χ3n) is 1.35. The maximum atomic E-state index is 12.2. The summed E-state index contributed by atoms with van der Waals surface area (Å²) in [6, 6.07) is 0. The molecule has 0 fully saturated rings. The Morgan fingerprint density at radius 1 is 1.50 bits per heavy atom. The predicted octanol–water partition coefficient (Wildman–Crippen LogP) is 2.75. The smallest absolute Gasteiger partial charge is 0.303 e. The molecule has 0 aliphatic carbocycles. The number of hydrogen-bond donors (Lipinski definition) is 0. The van der Waals surface area contributed by atoms with E-state index in [2.05, 4.69) is 4.99 Å². The Morgan fingerprint density at radius 2 is 2.07 bits per heavy atom. The molecule has 1 atom stereocenters. The first kappa shape index (κ1) is 12.9. The molecule has 0 aliphatic rings. The summed E-state index contributed by atoms with van der Waals surface area (Å²) in [6.45, 7) is 3.06. The molecule has 0 bridgehead atoms. The van der Waals surface area contributed by atoms with Gasteiger partial charge in [-0.25, -0.2) is 0 Å². The molecule has 0 heterocycles. The molecule has 0 radical (unpaired) electrons. The van der Waals surface area contributed by atoms with Gasteiger partial charge in [-0.05, 0) is 6.42 Å². The monoisotopic (exact) mass is 207 g/mol. The van der Waals surface area contributed by atoms with Gasteiger partial charge in [0.15, 0.2) is 0 Å². The highest BCUT2D eigenvalue weighted by Gasteiger charge is 2.32. The molecule has 0 rings (SSSR count). The number of carbonyl (C=O) groups is 1. The van der Waals surface area contributed by atoms with Gasteiger partial charge < -0.3 is 4.79 Å². The SMILES string of the molecule is CC/C=C(\N=CC(C)C=O)C(F)(F)F. The lowest BCUT2D eigenvalue weighted by Gasteiger charge is -2.06. The Labute approximate surface area is 80.5 Å². The number of halogens is 3. The highest BCUT2D eigenvalue weighted by molar-refractivity contribution is 5.80. The maximum Gasteiger partial charge on any atom is 0.432 e. The van der Waals surface area contributed by atoms with Crippen LogP contribution in [0.4, 0.5) is 13.2 Å². The summed E-state index contributed by atoms with van der Waals surface area (Å²) in [6.07, 6.45) is -1.70. The molecular formula is C9H12F3NO. The van der Waals surface area contributed by atoms with Crippen molar-refractivity contribution < 1.29 is 18.0 Å². The van der Waals surface area contributed by atoms with Crippen LogP contribution >= 0.6 is 0 Å². The zero-order valence-electron chi connectivity index (χ0n) is 8.01. The van der Waals surface area contributed by atoms with Crippen molar-refractivity contribution in [2.24, 2.45) is 10.9 Å². The van der Waals surface area contributed by atoms with E-state index in [4.69, 9.17) is 0 Å². The molecule has 0 amide bonds. The van der Waals surface area contributed by atoms with Crippen molar-refractivity contribution in [3.63, 3.8) is 0 Å². The summed E-state index contributed by atoms with van der Waals surface area (Å²) in [5.41, 5.74) is -0.950. The molecule has 0 saturated carbocycles. The molecule has 0 aliphatic heterocycles. The normalized spacial score (nSPS) is 15.9. The fraction of sp³-hybridized carbons (Fsp3) is 0.556. The van der Waals surface area contributed by atoms with Crippen LogP contribution in [0.3, 0.4) is 0 Å². The van der Waals surface area contributed by atoms with Gasteiger partial charge in [-0.3, -0.25) is 4.99 Å². The van der Waals surface area contributed by atoms with Gasteiger partial charge in [0.1, 0.15) is 12.0 Å². The molecule has 0 aromatic carbocycles. The molecule has 0 N–H and O–H groups in total. The van der Waals surface area contributed by atoms with E-state index in [0.717, 1.165) is 12.3 Å². The van der Waals surface area contributed by atoms with E-state index in [9.17, 15) is 18.0 Å². The Hall–Kier alpha value is -1.13. The van der Waals surface area contributed by atoms with Crippen LogP contribution in [0.5, 0.6) is 0 Å².